The Morgan fingerprint density at radius 1 is 1.20 bits per heavy atom. The van der Waals surface area contributed by atoms with Gasteiger partial charge in [-0.1, -0.05) is 38.8 Å². The van der Waals surface area contributed by atoms with Gasteiger partial charge in [0.05, 0.1) is 6.04 Å². The predicted molar refractivity (Wildman–Crippen MR) is 77.9 cm³/mol. The summed E-state index contributed by atoms with van der Waals surface area (Å²) in [5.41, 5.74) is 0.933. The van der Waals surface area contributed by atoms with E-state index in [9.17, 15) is 9.18 Å². The molecule has 0 aromatic heterocycles. The van der Waals surface area contributed by atoms with Crippen molar-refractivity contribution < 1.29 is 9.18 Å². The van der Waals surface area contributed by atoms with Crippen LogP contribution in [0.2, 0.25) is 0 Å². The summed E-state index contributed by atoms with van der Waals surface area (Å²) in [5.74, 6) is -0.0125. The highest BCUT2D eigenvalue weighted by atomic mass is 19.1. The lowest BCUT2D eigenvalue weighted by Gasteiger charge is -2.24. The molecule has 4 heteroatoms. The lowest BCUT2D eigenvalue weighted by Crippen LogP contribution is -2.43. The van der Waals surface area contributed by atoms with Crippen LogP contribution in [-0.2, 0) is 0 Å². The Morgan fingerprint density at radius 2 is 1.80 bits per heavy atom. The van der Waals surface area contributed by atoms with Gasteiger partial charge in [-0.15, -0.1) is 0 Å². The third-order valence-corrected chi connectivity index (χ3v) is 3.87. The first-order chi connectivity index (χ1) is 9.56. The van der Waals surface area contributed by atoms with Crippen LogP contribution in [0.5, 0.6) is 0 Å². The summed E-state index contributed by atoms with van der Waals surface area (Å²) in [5, 5.41) is 6.03. The van der Waals surface area contributed by atoms with Crippen LogP contribution in [0.15, 0.2) is 24.3 Å². The van der Waals surface area contributed by atoms with Crippen molar-refractivity contribution in [3.05, 3.63) is 35.6 Å². The molecule has 2 N–H and O–H groups in total. The molecule has 110 valence electrons. The maximum Gasteiger partial charge on any atom is 0.315 e. The third kappa shape index (κ3) is 3.95. The first kappa shape index (κ1) is 14.8. The highest BCUT2D eigenvalue weighted by Crippen LogP contribution is 2.22. The molecule has 2 amide bonds. The molecule has 1 unspecified atom stereocenters. The van der Waals surface area contributed by atoms with Crippen molar-refractivity contribution >= 4 is 6.03 Å². The second-order valence-corrected chi connectivity index (χ2v) is 5.87. The largest absolute Gasteiger partial charge is 0.335 e. The van der Waals surface area contributed by atoms with Crippen LogP contribution >= 0.6 is 0 Å². The molecule has 1 atom stereocenters. The zero-order valence-corrected chi connectivity index (χ0v) is 12.2. The number of halogens is 1. The van der Waals surface area contributed by atoms with Crippen molar-refractivity contribution in [1.29, 1.82) is 0 Å². The van der Waals surface area contributed by atoms with Gasteiger partial charge in [-0.2, -0.15) is 0 Å². The number of urea groups is 1. The van der Waals surface area contributed by atoms with E-state index in [4.69, 9.17) is 0 Å². The molecule has 0 heterocycles. The number of hydrogen-bond acceptors (Lipinski definition) is 1. The molecule has 1 fully saturated rings. The van der Waals surface area contributed by atoms with E-state index in [1.165, 1.54) is 25.0 Å². The van der Waals surface area contributed by atoms with E-state index in [1.807, 2.05) is 13.8 Å². The van der Waals surface area contributed by atoms with Crippen molar-refractivity contribution in [3.8, 4) is 0 Å². The number of carbonyl (C=O) groups excluding carboxylic acids is 1. The fourth-order valence-corrected chi connectivity index (χ4v) is 2.74. The summed E-state index contributed by atoms with van der Waals surface area (Å²) in [4.78, 5) is 12.1. The van der Waals surface area contributed by atoms with E-state index >= 15 is 0 Å². The molecule has 3 nitrogen and oxygen atoms in total. The Morgan fingerprint density at radius 3 is 2.35 bits per heavy atom. The van der Waals surface area contributed by atoms with Crippen LogP contribution in [0, 0.1) is 11.7 Å². The summed E-state index contributed by atoms with van der Waals surface area (Å²) in [6, 6.07) is 6.40. The molecular weight excluding hydrogens is 255 g/mol. The highest BCUT2D eigenvalue weighted by molar-refractivity contribution is 5.74. The molecule has 0 spiro atoms. The average Bonchev–Trinajstić information content (AvgIpc) is 2.90. The number of carbonyl (C=O) groups is 1. The van der Waals surface area contributed by atoms with Crippen molar-refractivity contribution in [2.45, 2.75) is 51.6 Å². The molecule has 1 aromatic carbocycles. The molecule has 0 bridgehead atoms. The van der Waals surface area contributed by atoms with Crippen LogP contribution in [0.1, 0.15) is 51.1 Å². The van der Waals surface area contributed by atoms with Gasteiger partial charge in [0.15, 0.2) is 0 Å². The van der Waals surface area contributed by atoms with Gasteiger partial charge >= 0.3 is 6.03 Å². The van der Waals surface area contributed by atoms with E-state index in [0.717, 1.165) is 18.4 Å². The van der Waals surface area contributed by atoms with E-state index < -0.39 is 0 Å². The predicted octanol–water partition coefficient (Wildman–Crippen LogP) is 3.76. The minimum absolute atomic E-state index is 0.1000. The SMILES string of the molecule is CC(C)C(NC(=O)NC1CCCC1)c1ccc(F)cc1. The van der Waals surface area contributed by atoms with Gasteiger partial charge in [-0.05, 0) is 36.5 Å². The topological polar surface area (TPSA) is 41.1 Å². The van der Waals surface area contributed by atoms with Gasteiger partial charge in [0.25, 0.3) is 0 Å². The second-order valence-electron chi connectivity index (χ2n) is 5.87. The standard InChI is InChI=1S/C16H23FN2O/c1-11(2)15(12-7-9-13(17)10-8-12)19-16(20)18-14-5-3-4-6-14/h7-11,14-15H,3-6H2,1-2H3,(H2,18,19,20). The second kappa shape index (κ2) is 6.73. The Hall–Kier alpha value is -1.58. The molecule has 1 aliphatic rings. The van der Waals surface area contributed by atoms with Crippen molar-refractivity contribution in [1.82, 2.24) is 10.6 Å². The minimum Gasteiger partial charge on any atom is -0.335 e. The number of hydrogen-bond donors (Lipinski definition) is 2. The van der Waals surface area contributed by atoms with E-state index in [1.54, 1.807) is 12.1 Å². The maximum absolute atomic E-state index is 13.0. The summed E-state index contributed by atoms with van der Waals surface area (Å²) in [6.07, 6.45) is 4.51. The molecule has 1 saturated carbocycles. The number of rotatable bonds is 4. The Kier molecular flexibility index (Phi) is 4.99. The summed E-state index contributed by atoms with van der Waals surface area (Å²) in [6.45, 7) is 4.09. The van der Waals surface area contributed by atoms with E-state index in [-0.39, 0.29) is 23.8 Å². The lowest BCUT2D eigenvalue weighted by molar-refractivity contribution is 0.229. The lowest BCUT2D eigenvalue weighted by atomic mass is 9.96. The molecule has 0 radical (unpaired) electrons. The highest BCUT2D eigenvalue weighted by Gasteiger charge is 2.21. The smallest absolute Gasteiger partial charge is 0.315 e. The van der Waals surface area contributed by atoms with Gasteiger partial charge in [0.1, 0.15) is 5.82 Å². The van der Waals surface area contributed by atoms with Crippen molar-refractivity contribution in [3.63, 3.8) is 0 Å². The van der Waals surface area contributed by atoms with E-state index in [0.29, 0.717) is 6.04 Å². The van der Waals surface area contributed by atoms with Gasteiger partial charge in [-0.3, -0.25) is 0 Å². The first-order valence-corrected chi connectivity index (χ1v) is 7.39. The van der Waals surface area contributed by atoms with Crippen LogP contribution in [0.3, 0.4) is 0 Å². The van der Waals surface area contributed by atoms with Crippen LogP contribution in [-0.4, -0.2) is 12.1 Å². The number of benzene rings is 1. The van der Waals surface area contributed by atoms with Gasteiger partial charge < -0.3 is 10.6 Å². The summed E-state index contributed by atoms with van der Waals surface area (Å²) in [7, 11) is 0. The first-order valence-electron chi connectivity index (χ1n) is 7.39. The zero-order chi connectivity index (χ0) is 14.5. The Bertz CT molecular complexity index is 438. The van der Waals surface area contributed by atoms with Crippen molar-refractivity contribution in [2.24, 2.45) is 5.92 Å². The third-order valence-electron chi connectivity index (χ3n) is 3.87. The average molecular weight is 278 g/mol. The van der Waals surface area contributed by atoms with Crippen molar-refractivity contribution in [2.75, 3.05) is 0 Å². The molecule has 2 rings (SSSR count). The van der Waals surface area contributed by atoms with Gasteiger partial charge in [0.2, 0.25) is 0 Å². The summed E-state index contributed by atoms with van der Waals surface area (Å²) >= 11 is 0. The Balaban J connectivity index is 1.98. The van der Waals surface area contributed by atoms with Crippen LogP contribution < -0.4 is 10.6 Å². The quantitative estimate of drug-likeness (QED) is 0.865. The van der Waals surface area contributed by atoms with Crippen LogP contribution in [0.4, 0.5) is 9.18 Å². The monoisotopic (exact) mass is 278 g/mol. The van der Waals surface area contributed by atoms with Gasteiger partial charge in [0, 0.05) is 6.04 Å². The summed E-state index contributed by atoms with van der Waals surface area (Å²) < 4.78 is 13.0. The molecule has 1 aliphatic carbocycles. The molecule has 20 heavy (non-hydrogen) atoms. The fourth-order valence-electron chi connectivity index (χ4n) is 2.74. The molecule has 0 saturated heterocycles. The molecule has 1 aromatic rings. The normalized spacial score (nSPS) is 17.2. The Labute approximate surface area is 120 Å². The number of amides is 2. The van der Waals surface area contributed by atoms with Crippen LogP contribution in [0.25, 0.3) is 0 Å². The van der Waals surface area contributed by atoms with E-state index in [2.05, 4.69) is 10.6 Å². The van der Waals surface area contributed by atoms with Gasteiger partial charge in [-0.25, -0.2) is 9.18 Å². The minimum atomic E-state index is -0.258. The zero-order valence-electron chi connectivity index (χ0n) is 12.2. The fraction of sp³-hybridized carbons (Fsp3) is 0.562. The number of nitrogens with one attached hydrogen (secondary N) is 2. The molecule has 0 aliphatic heterocycles. The maximum atomic E-state index is 13.0. The molecular formula is C16H23FN2O.